The van der Waals surface area contributed by atoms with Gasteiger partial charge in [0.05, 0.1) is 22.8 Å². The second-order valence-corrected chi connectivity index (χ2v) is 5.40. The van der Waals surface area contributed by atoms with Crippen LogP contribution in [0.1, 0.15) is 25.3 Å². The van der Waals surface area contributed by atoms with Gasteiger partial charge in [0.1, 0.15) is 0 Å². The van der Waals surface area contributed by atoms with E-state index in [1.807, 2.05) is 19.1 Å². The summed E-state index contributed by atoms with van der Waals surface area (Å²) in [6.45, 7) is 4.93. The van der Waals surface area contributed by atoms with E-state index in [-0.39, 0.29) is 0 Å². The molecule has 19 heavy (non-hydrogen) atoms. The molecule has 0 bridgehead atoms. The van der Waals surface area contributed by atoms with Crippen LogP contribution in [0.4, 0.5) is 0 Å². The number of halogens is 2. The molecule has 0 unspecified atom stereocenters. The monoisotopic (exact) mass is 303 g/mol. The average molecular weight is 304 g/mol. The first-order chi connectivity index (χ1) is 9.20. The first-order valence-electron chi connectivity index (χ1n) is 6.63. The fraction of sp³-hybridized carbons (Fsp3) is 0.571. The van der Waals surface area contributed by atoms with Crippen LogP contribution in [0, 0.1) is 0 Å². The zero-order valence-electron chi connectivity index (χ0n) is 11.0. The number of ether oxygens (including phenoxy) is 2. The Hall–Kier alpha value is -0.480. The van der Waals surface area contributed by atoms with Gasteiger partial charge in [-0.15, -0.1) is 0 Å². The van der Waals surface area contributed by atoms with Crippen molar-refractivity contribution in [3.63, 3.8) is 0 Å². The van der Waals surface area contributed by atoms with Gasteiger partial charge in [0.15, 0.2) is 5.75 Å². The minimum absolute atomic E-state index is 0.341. The lowest BCUT2D eigenvalue weighted by Gasteiger charge is -2.13. The number of rotatable bonds is 6. The van der Waals surface area contributed by atoms with E-state index in [0.29, 0.717) is 28.5 Å². The maximum Gasteiger partial charge on any atom is 0.156 e. The second kappa shape index (κ2) is 7.34. The molecule has 106 valence electrons. The molecule has 5 heteroatoms. The maximum absolute atomic E-state index is 6.16. The van der Waals surface area contributed by atoms with Crippen LogP contribution in [0.25, 0.3) is 0 Å². The highest BCUT2D eigenvalue weighted by Crippen LogP contribution is 2.34. The molecular weight excluding hydrogens is 285 g/mol. The maximum atomic E-state index is 6.16. The van der Waals surface area contributed by atoms with Crippen LogP contribution in [0.2, 0.25) is 10.0 Å². The Labute approximate surface area is 124 Å². The van der Waals surface area contributed by atoms with E-state index in [4.69, 9.17) is 32.7 Å². The standard InChI is InChI=1S/C14H19Cl2NO2/c1-2-18-14-12(15)6-10(7-13(14)16)8-17-9-11-4-3-5-19-11/h6-7,11,17H,2-5,8-9H2,1H3/t11-/m0/s1. The van der Waals surface area contributed by atoms with Crippen LogP contribution in [-0.2, 0) is 11.3 Å². The van der Waals surface area contributed by atoms with Gasteiger partial charge in [0.2, 0.25) is 0 Å². The fourth-order valence-corrected chi connectivity index (χ4v) is 2.82. The molecular formula is C14H19Cl2NO2. The van der Waals surface area contributed by atoms with Gasteiger partial charge in [-0.3, -0.25) is 0 Å². The molecule has 1 atom stereocenters. The van der Waals surface area contributed by atoms with Crippen molar-refractivity contribution >= 4 is 23.2 Å². The Kier molecular flexibility index (Phi) is 5.76. The zero-order chi connectivity index (χ0) is 13.7. The lowest BCUT2D eigenvalue weighted by Crippen LogP contribution is -2.25. The molecule has 1 heterocycles. The molecule has 0 spiro atoms. The molecule has 1 aliphatic heterocycles. The molecule has 0 aliphatic carbocycles. The van der Waals surface area contributed by atoms with E-state index in [1.165, 1.54) is 0 Å². The van der Waals surface area contributed by atoms with E-state index in [1.54, 1.807) is 0 Å². The van der Waals surface area contributed by atoms with E-state index in [2.05, 4.69) is 5.32 Å². The van der Waals surface area contributed by atoms with Crippen molar-refractivity contribution in [1.82, 2.24) is 5.32 Å². The third-order valence-corrected chi connectivity index (χ3v) is 3.63. The summed E-state index contributed by atoms with van der Waals surface area (Å²) in [5.41, 5.74) is 1.05. The van der Waals surface area contributed by atoms with E-state index < -0.39 is 0 Å². The smallest absolute Gasteiger partial charge is 0.156 e. The third kappa shape index (κ3) is 4.25. The summed E-state index contributed by atoms with van der Waals surface area (Å²) in [4.78, 5) is 0. The Morgan fingerprint density at radius 3 is 2.68 bits per heavy atom. The molecule has 0 radical (unpaired) electrons. The third-order valence-electron chi connectivity index (χ3n) is 3.07. The van der Waals surface area contributed by atoms with Gasteiger partial charge in [0.25, 0.3) is 0 Å². The SMILES string of the molecule is CCOc1c(Cl)cc(CNC[C@@H]2CCCO2)cc1Cl. The molecule has 1 aromatic rings. The molecule has 1 aromatic carbocycles. The Morgan fingerprint density at radius 1 is 1.37 bits per heavy atom. The number of hydrogen-bond acceptors (Lipinski definition) is 3. The topological polar surface area (TPSA) is 30.5 Å². The minimum Gasteiger partial charge on any atom is -0.491 e. The Bertz CT molecular complexity index is 397. The number of benzene rings is 1. The lowest BCUT2D eigenvalue weighted by molar-refractivity contribution is 0.110. The van der Waals surface area contributed by atoms with Crippen LogP contribution in [0.5, 0.6) is 5.75 Å². The lowest BCUT2D eigenvalue weighted by atomic mass is 10.2. The molecule has 0 amide bonds. The molecule has 1 saturated heterocycles. The summed E-state index contributed by atoms with van der Waals surface area (Å²) in [6, 6.07) is 3.78. The van der Waals surface area contributed by atoms with E-state index in [0.717, 1.165) is 38.1 Å². The summed E-state index contributed by atoms with van der Waals surface area (Å²) in [5, 5.41) is 4.48. The van der Waals surface area contributed by atoms with Crippen molar-refractivity contribution in [3.8, 4) is 5.75 Å². The van der Waals surface area contributed by atoms with E-state index >= 15 is 0 Å². The van der Waals surface area contributed by atoms with Gasteiger partial charge in [-0.05, 0) is 37.5 Å². The summed E-state index contributed by atoms with van der Waals surface area (Å²) < 4.78 is 11.0. The van der Waals surface area contributed by atoms with Gasteiger partial charge in [-0.2, -0.15) is 0 Å². The van der Waals surface area contributed by atoms with Gasteiger partial charge in [0, 0.05) is 19.7 Å². The minimum atomic E-state index is 0.341. The summed E-state index contributed by atoms with van der Waals surface area (Å²) >= 11 is 12.3. The van der Waals surface area contributed by atoms with Crippen molar-refractivity contribution in [2.75, 3.05) is 19.8 Å². The first kappa shape index (κ1) is 14.9. The summed E-state index contributed by atoms with van der Waals surface area (Å²) in [6.07, 6.45) is 2.64. The Morgan fingerprint density at radius 2 is 2.11 bits per heavy atom. The van der Waals surface area contributed by atoms with Crippen molar-refractivity contribution in [3.05, 3.63) is 27.7 Å². The van der Waals surface area contributed by atoms with Crippen LogP contribution < -0.4 is 10.1 Å². The summed E-state index contributed by atoms with van der Waals surface area (Å²) in [7, 11) is 0. The molecule has 2 rings (SSSR count). The van der Waals surface area contributed by atoms with E-state index in [9.17, 15) is 0 Å². The van der Waals surface area contributed by atoms with Crippen LogP contribution >= 0.6 is 23.2 Å². The van der Waals surface area contributed by atoms with Crippen molar-refractivity contribution < 1.29 is 9.47 Å². The van der Waals surface area contributed by atoms with Gasteiger partial charge < -0.3 is 14.8 Å². The van der Waals surface area contributed by atoms with Crippen LogP contribution in [-0.4, -0.2) is 25.9 Å². The molecule has 1 fully saturated rings. The molecule has 3 nitrogen and oxygen atoms in total. The Balaban J connectivity index is 1.89. The highest BCUT2D eigenvalue weighted by Gasteiger charge is 2.15. The predicted molar refractivity (Wildman–Crippen MR) is 78.3 cm³/mol. The molecule has 0 saturated carbocycles. The fourth-order valence-electron chi connectivity index (χ4n) is 2.18. The largest absolute Gasteiger partial charge is 0.491 e. The van der Waals surface area contributed by atoms with Gasteiger partial charge >= 0.3 is 0 Å². The number of nitrogens with one attached hydrogen (secondary N) is 1. The molecule has 0 aromatic heterocycles. The first-order valence-corrected chi connectivity index (χ1v) is 7.39. The number of hydrogen-bond donors (Lipinski definition) is 1. The normalized spacial score (nSPS) is 18.8. The predicted octanol–water partition coefficient (Wildman–Crippen LogP) is 3.66. The van der Waals surface area contributed by atoms with Crippen molar-refractivity contribution in [2.24, 2.45) is 0 Å². The highest BCUT2D eigenvalue weighted by molar-refractivity contribution is 6.37. The summed E-state index contributed by atoms with van der Waals surface area (Å²) in [5.74, 6) is 0.564. The van der Waals surface area contributed by atoms with Crippen LogP contribution in [0.15, 0.2) is 12.1 Å². The average Bonchev–Trinajstić information content (AvgIpc) is 2.87. The van der Waals surface area contributed by atoms with Gasteiger partial charge in [-0.25, -0.2) is 0 Å². The second-order valence-electron chi connectivity index (χ2n) is 4.59. The zero-order valence-corrected chi connectivity index (χ0v) is 12.6. The molecule has 1 N–H and O–H groups in total. The van der Waals surface area contributed by atoms with Crippen molar-refractivity contribution in [1.29, 1.82) is 0 Å². The quantitative estimate of drug-likeness (QED) is 0.870. The highest BCUT2D eigenvalue weighted by atomic mass is 35.5. The van der Waals surface area contributed by atoms with Gasteiger partial charge in [-0.1, -0.05) is 23.2 Å². The molecule has 1 aliphatic rings. The van der Waals surface area contributed by atoms with Crippen molar-refractivity contribution in [2.45, 2.75) is 32.4 Å². The van der Waals surface area contributed by atoms with Crippen LogP contribution in [0.3, 0.4) is 0 Å².